The van der Waals surface area contributed by atoms with Gasteiger partial charge in [-0.1, -0.05) is 30.3 Å². The number of likely N-dealkylation sites (tertiary alicyclic amines) is 1. The van der Waals surface area contributed by atoms with E-state index in [1.807, 2.05) is 59.5 Å². The number of carbonyl (C=O) groups excluding carboxylic acids is 1. The number of benzene rings is 2. The average Bonchev–Trinajstić information content (AvgIpc) is 3.09. The van der Waals surface area contributed by atoms with Crippen LogP contribution in [0.2, 0.25) is 0 Å². The van der Waals surface area contributed by atoms with Crippen LogP contribution in [0.25, 0.3) is 0 Å². The summed E-state index contributed by atoms with van der Waals surface area (Å²) in [7, 11) is 0. The van der Waals surface area contributed by atoms with E-state index in [9.17, 15) is 4.79 Å². The van der Waals surface area contributed by atoms with E-state index >= 15 is 0 Å². The molecule has 4 rings (SSSR count). The Kier molecular flexibility index (Phi) is 4.96. The zero-order chi connectivity index (χ0) is 18.5. The molecule has 0 unspecified atom stereocenters. The molecule has 2 aromatic carbocycles. The molecule has 136 valence electrons. The summed E-state index contributed by atoms with van der Waals surface area (Å²) < 4.78 is 5.73. The lowest BCUT2D eigenvalue weighted by molar-refractivity contribution is -0.128. The predicted molar refractivity (Wildman–Crippen MR) is 103 cm³/mol. The highest BCUT2D eigenvalue weighted by Gasteiger charge is 2.19. The van der Waals surface area contributed by atoms with Crippen LogP contribution in [0.15, 0.2) is 66.9 Å². The number of nitrogens with one attached hydrogen (secondary N) is 1. The highest BCUT2D eigenvalue weighted by molar-refractivity contribution is 5.78. The van der Waals surface area contributed by atoms with E-state index in [-0.39, 0.29) is 5.91 Å². The Morgan fingerprint density at radius 1 is 1.04 bits per heavy atom. The molecule has 2 heterocycles. The van der Waals surface area contributed by atoms with Crippen LogP contribution in [-0.4, -0.2) is 27.3 Å². The smallest absolute Gasteiger partial charge is 0.230 e. The van der Waals surface area contributed by atoms with Crippen molar-refractivity contribution in [3.05, 3.63) is 72.4 Å². The van der Waals surface area contributed by atoms with E-state index in [0.29, 0.717) is 24.8 Å². The SMILES string of the molecule is O=C1CCCN1Cc1ccc(Nc2nccc(Oc3ccccc3)n2)cc1. The number of ether oxygens (including phenoxy) is 1. The summed E-state index contributed by atoms with van der Waals surface area (Å²) in [6.07, 6.45) is 3.27. The molecule has 1 amide bonds. The summed E-state index contributed by atoms with van der Waals surface area (Å²) in [5.41, 5.74) is 1.99. The normalized spacial score (nSPS) is 13.6. The maximum atomic E-state index is 11.7. The third-order valence-electron chi connectivity index (χ3n) is 4.35. The van der Waals surface area contributed by atoms with Crippen LogP contribution in [0.3, 0.4) is 0 Å². The molecular weight excluding hydrogens is 340 g/mol. The van der Waals surface area contributed by atoms with E-state index in [0.717, 1.165) is 30.0 Å². The molecule has 1 aliphatic heterocycles. The van der Waals surface area contributed by atoms with Crippen LogP contribution in [0, 0.1) is 0 Å². The standard InChI is InChI=1S/C21H20N4O2/c26-20-7-4-14-25(20)15-16-8-10-17(11-9-16)23-21-22-13-12-19(24-21)27-18-5-2-1-3-6-18/h1-3,5-6,8-13H,4,7,14-15H2,(H,22,23,24). The van der Waals surface area contributed by atoms with Crippen LogP contribution in [0.5, 0.6) is 11.6 Å². The van der Waals surface area contributed by atoms with Gasteiger partial charge in [0.2, 0.25) is 17.7 Å². The van der Waals surface area contributed by atoms with Gasteiger partial charge in [-0.15, -0.1) is 0 Å². The van der Waals surface area contributed by atoms with Crippen molar-refractivity contribution in [1.29, 1.82) is 0 Å². The van der Waals surface area contributed by atoms with Crippen LogP contribution in [0.1, 0.15) is 18.4 Å². The maximum Gasteiger partial charge on any atom is 0.230 e. The number of hydrogen-bond acceptors (Lipinski definition) is 5. The van der Waals surface area contributed by atoms with Gasteiger partial charge in [0.25, 0.3) is 0 Å². The lowest BCUT2D eigenvalue weighted by Gasteiger charge is -2.15. The van der Waals surface area contributed by atoms with Gasteiger partial charge >= 0.3 is 0 Å². The molecule has 1 fully saturated rings. The lowest BCUT2D eigenvalue weighted by Crippen LogP contribution is -2.23. The molecule has 1 aromatic heterocycles. The number of hydrogen-bond donors (Lipinski definition) is 1. The summed E-state index contributed by atoms with van der Waals surface area (Å²) in [4.78, 5) is 22.3. The number of nitrogens with zero attached hydrogens (tertiary/aromatic N) is 3. The van der Waals surface area contributed by atoms with Crippen LogP contribution in [0.4, 0.5) is 11.6 Å². The number of aromatic nitrogens is 2. The summed E-state index contributed by atoms with van der Waals surface area (Å²) in [5, 5.41) is 3.18. The predicted octanol–water partition coefficient (Wildman–Crippen LogP) is 4.13. The summed E-state index contributed by atoms with van der Waals surface area (Å²) in [6.45, 7) is 1.51. The van der Waals surface area contributed by atoms with E-state index < -0.39 is 0 Å². The Morgan fingerprint density at radius 3 is 2.59 bits per heavy atom. The highest BCUT2D eigenvalue weighted by Crippen LogP contribution is 2.21. The number of para-hydroxylation sites is 1. The maximum absolute atomic E-state index is 11.7. The highest BCUT2D eigenvalue weighted by atomic mass is 16.5. The van der Waals surface area contributed by atoms with Gasteiger partial charge in [0.15, 0.2) is 0 Å². The molecule has 0 aliphatic carbocycles. The fourth-order valence-electron chi connectivity index (χ4n) is 2.98. The lowest BCUT2D eigenvalue weighted by atomic mass is 10.2. The molecule has 27 heavy (non-hydrogen) atoms. The second-order valence-electron chi connectivity index (χ2n) is 6.37. The third-order valence-corrected chi connectivity index (χ3v) is 4.35. The average molecular weight is 360 g/mol. The quantitative estimate of drug-likeness (QED) is 0.716. The van der Waals surface area contributed by atoms with E-state index in [1.165, 1.54) is 0 Å². The van der Waals surface area contributed by atoms with Gasteiger partial charge in [-0.25, -0.2) is 4.98 Å². The minimum absolute atomic E-state index is 0.237. The Labute approximate surface area is 157 Å². The molecule has 0 radical (unpaired) electrons. The molecule has 0 atom stereocenters. The van der Waals surface area contributed by atoms with Gasteiger partial charge in [-0.3, -0.25) is 4.79 Å². The molecule has 0 bridgehead atoms. The number of amides is 1. The van der Waals surface area contributed by atoms with Crippen LogP contribution in [-0.2, 0) is 11.3 Å². The first-order chi connectivity index (χ1) is 13.3. The van der Waals surface area contributed by atoms with Crippen molar-refractivity contribution in [3.63, 3.8) is 0 Å². The first-order valence-electron chi connectivity index (χ1n) is 8.96. The fraction of sp³-hybridized carbons (Fsp3) is 0.190. The largest absolute Gasteiger partial charge is 0.439 e. The molecule has 6 heteroatoms. The second-order valence-corrected chi connectivity index (χ2v) is 6.37. The van der Waals surface area contributed by atoms with Gasteiger partial charge in [0, 0.05) is 37.5 Å². The Morgan fingerprint density at radius 2 is 1.85 bits per heavy atom. The molecule has 3 aromatic rings. The van der Waals surface area contributed by atoms with Crippen molar-refractivity contribution in [2.24, 2.45) is 0 Å². The first kappa shape index (κ1) is 17.0. The van der Waals surface area contributed by atoms with Crippen LogP contribution >= 0.6 is 0 Å². The first-order valence-corrected chi connectivity index (χ1v) is 8.96. The van der Waals surface area contributed by atoms with Crippen molar-refractivity contribution < 1.29 is 9.53 Å². The van der Waals surface area contributed by atoms with Crippen molar-refractivity contribution in [2.45, 2.75) is 19.4 Å². The van der Waals surface area contributed by atoms with Crippen molar-refractivity contribution in [3.8, 4) is 11.6 Å². The zero-order valence-corrected chi connectivity index (χ0v) is 14.8. The molecule has 1 N–H and O–H groups in total. The molecule has 6 nitrogen and oxygen atoms in total. The Hall–Kier alpha value is -3.41. The number of anilines is 2. The Balaban J connectivity index is 1.40. The fourth-order valence-corrected chi connectivity index (χ4v) is 2.98. The summed E-state index contributed by atoms with van der Waals surface area (Å²) in [6, 6.07) is 19.2. The minimum atomic E-state index is 0.237. The molecular formula is C21H20N4O2. The van der Waals surface area contributed by atoms with Gasteiger partial charge in [0.05, 0.1) is 0 Å². The number of rotatable bonds is 6. The van der Waals surface area contributed by atoms with Crippen molar-refractivity contribution in [1.82, 2.24) is 14.9 Å². The second kappa shape index (κ2) is 7.86. The summed E-state index contributed by atoms with van der Waals surface area (Å²) in [5.74, 6) is 1.90. The number of carbonyl (C=O) groups is 1. The molecule has 1 saturated heterocycles. The Bertz CT molecular complexity index is 913. The minimum Gasteiger partial charge on any atom is -0.439 e. The van der Waals surface area contributed by atoms with Gasteiger partial charge in [0.1, 0.15) is 5.75 Å². The van der Waals surface area contributed by atoms with Crippen molar-refractivity contribution in [2.75, 3.05) is 11.9 Å². The molecule has 0 saturated carbocycles. The van der Waals surface area contributed by atoms with E-state index in [2.05, 4.69) is 15.3 Å². The van der Waals surface area contributed by atoms with Gasteiger partial charge in [-0.05, 0) is 36.2 Å². The zero-order valence-electron chi connectivity index (χ0n) is 14.8. The van der Waals surface area contributed by atoms with Crippen molar-refractivity contribution >= 4 is 17.5 Å². The molecule has 0 spiro atoms. The van der Waals surface area contributed by atoms with E-state index in [1.54, 1.807) is 12.3 Å². The molecule has 1 aliphatic rings. The van der Waals surface area contributed by atoms with Gasteiger partial charge < -0.3 is 15.0 Å². The van der Waals surface area contributed by atoms with Crippen LogP contribution < -0.4 is 10.1 Å². The monoisotopic (exact) mass is 360 g/mol. The van der Waals surface area contributed by atoms with E-state index in [4.69, 9.17) is 4.74 Å². The topological polar surface area (TPSA) is 67.4 Å². The summed E-state index contributed by atoms with van der Waals surface area (Å²) >= 11 is 0. The third kappa shape index (κ3) is 4.41. The van der Waals surface area contributed by atoms with Gasteiger partial charge in [-0.2, -0.15) is 4.98 Å².